The van der Waals surface area contributed by atoms with Gasteiger partial charge in [0.05, 0.1) is 17.7 Å². The number of nitrogens with two attached hydrogens (primary N) is 1. The third-order valence-electron chi connectivity index (χ3n) is 2.67. The van der Waals surface area contributed by atoms with E-state index < -0.39 is 10.0 Å². The molecule has 0 saturated carbocycles. The lowest BCUT2D eigenvalue weighted by Gasteiger charge is -2.10. The van der Waals surface area contributed by atoms with Crippen LogP contribution in [-0.2, 0) is 10.0 Å². The second-order valence-corrected chi connectivity index (χ2v) is 5.91. The van der Waals surface area contributed by atoms with Crippen molar-refractivity contribution < 1.29 is 13.2 Å². The summed E-state index contributed by atoms with van der Waals surface area (Å²) >= 11 is 0. The van der Waals surface area contributed by atoms with Crippen LogP contribution in [0, 0.1) is 6.92 Å². The van der Waals surface area contributed by atoms with E-state index in [0.29, 0.717) is 11.4 Å². The van der Waals surface area contributed by atoms with E-state index in [1.54, 1.807) is 12.1 Å². The lowest BCUT2D eigenvalue weighted by molar-refractivity contribution is 0.415. The van der Waals surface area contributed by atoms with Crippen molar-refractivity contribution in [3.63, 3.8) is 0 Å². The number of hydrogen-bond acceptors (Lipinski definition) is 5. The van der Waals surface area contributed by atoms with Gasteiger partial charge in [0.15, 0.2) is 0 Å². The highest BCUT2D eigenvalue weighted by Gasteiger charge is 2.16. The summed E-state index contributed by atoms with van der Waals surface area (Å²) in [7, 11) is -2.30. The number of hydrogen-bond donors (Lipinski definition) is 2. The molecule has 1 aromatic carbocycles. The largest absolute Gasteiger partial charge is 0.495 e. The molecule has 7 heteroatoms. The van der Waals surface area contributed by atoms with Gasteiger partial charge in [-0.05, 0) is 36.8 Å². The number of nitrogens with one attached hydrogen (secondary N) is 1. The first-order valence-corrected chi connectivity index (χ1v) is 7.29. The first-order chi connectivity index (χ1) is 9.42. The van der Waals surface area contributed by atoms with E-state index in [1.165, 1.54) is 31.5 Å². The van der Waals surface area contributed by atoms with Crippen molar-refractivity contribution >= 4 is 21.5 Å². The summed E-state index contributed by atoms with van der Waals surface area (Å²) in [5.74, 6) is 0.575. The fourth-order valence-corrected chi connectivity index (χ4v) is 2.66. The number of sulfonamides is 1. The third kappa shape index (κ3) is 3.00. The van der Waals surface area contributed by atoms with Gasteiger partial charge in [-0.25, -0.2) is 13.4 Å². The summed E-state index contributed by atoms with van der Waals surface area (Å²) in [5, 5.41) is 0. The first kappa shape index (κ1) is 14.1. The van der Waals surface area contributed by atoms with E-state index >= 15 is 0 Å². The van der Waals surface area contributed by atoms with E-state index in [1.807, 2.05) is 6.92 Å². The quantitative estimate of drug-likeness (QED) is 0.838. The lowest BCUT2D eigenvalue weighted by Crippen LogP contribution is -2.14. The summed E-state index contributed by atoms with van der Waals surface area (Å²) in [5.41, 5.74) is 6.95. The molecule has 0 spiro atoms. The molecule has 0 amide bonds. The maximum atomic E-state index is 12.2. The van der Waals surface area contributed by atoms with Gasteiger partial charge < -0.3 is 10.5 Å². The van der Waals surface area contributed by atoms with E-state index in [2.05, 4.69) is 9.71 Å². The fourth-order valence-electron chi connectivity index (χ4n) is 1.65. The number of aryl methyl sites for hydroxylation is 1. The molecule has 2 aromatic rings. The number of benzene rings is 1. The lowest BCUT2D eigenvalue weighted by atomic mass is 10.3. The minimum absolute atomic E-state index is 0.0619. The number of aromatic nitrogens is 1. The molecule has 0 saturated heterocycles. The molecule has 0 bridgehead atoms. The van der Waals surface area contributed by atoms with Crippen molar-refractivity contribution in [2.75, 3.05) is 17.6 Å². The molecule has 2 rings (SSSR count). The standard InChI is InChI=1S/C13H15N3O3S/c1-9-5-6-15-13(7-9)16-20(17,18)10-3-4-11(14)12(8-10)19-2/h3-8H,14H2,1-2H3,(H,15,16). The van der Waals surface area contributed by atoms with Crippen molar-refractivity contribution in [2.45, 2.75) is 11.8 Å². The molecule has 0 aliphatic carbocycles. The van der Waals surface area contributed by atoms with E-state index in [9.17, 15) is 8.42 Å². The molecular weight excluding hydrogens is 278 g/mol. The number of ether oxygens (including phenoxy) is 1. The Kier molecular flexibility index (Phi) is 3.80. The van der Waals surface area contributed by atoms with Crippen LogP contribution < -0.4 is 15.2 Å². The van der Waals surface area contributed by atoms with Crippen LogP contribution in [0.1, 0.15) is 5.56 Å². The van der Waals surface area contributed by atoms with Crippen LogP contribution in [0.2, 0.25) is 0 Å². The topological polar surface area (TPSA) is 94.3 Å². The van der Waals surface area contributed by atoms with Crippen LogP contribution in [0.4, 0.5) is 11.5 Å². The van der Waals surface area contributed by atoms with Crippen LogP contribution in [0.25, 0.3) is 0 Å². The molecule has 1 heterocycles. The smallest absolute Gasteiger partial charge is 0.263 e. The summed E-state index contributed by atoms with van der Waals surface area (Å²) in [4.78, 5) is 4.03. The number of nitrogen functional groups attached to an aromatic ring is 1. The highest BCUT2D eigenvalue weighted by molar-refractivity contribution is 7.92. The third-order valence-corrected chi connectivity index (χ3v) is 4.02. The zero-order valence-corrected chi connectivity index (χ0v) is 11.9. The van der Waals surface area contributed by atoms with Gasteiger partial charge in [0.1, 0.15) is 11.6 Å². The normalized spacial score (nSPS) is 11.1. The number of rotatable bonds is 4. The van der Waals surface area contributed by atoms with Crippen LogP contribution in [0.15, 0.2) is 41.4 Å². The molecule has 106 valence electrons. The number of pyridine rings is 1. The van der Waals surface area contributed by atoms with E-state index in [0.717, 1.165) is 5.56 Å². The maximum Gasteiger partial charge on any atom is 0.263 e. The summed E-state index contributed by atoms with van der Waals surface area (Å²) < 4.78 is 31.9. The fraction of sp³-hybridized carbons (Fsp3) is 0.154. The Morgan fingerprint density at radius 3 is 2.65 bits per heavy atom. The van der Waals surface area contributed by atoms with Gasteiger partial charge >= 0.3 is 0 Å². The van der Waals surface area contributed by atoms with Crippen LogP contribution >= 0.6 is 0 Å². The van der Waals surface area contributed by atoms with Gasteiger partial charge in [-0.2, -0.15) is 0 Å². The molecule has 0 unspecified atom stereocenters. The van der Waals surface area contributed by atoms with Crippen molar-refractivity contribution in [2.24, 2.45) is 0 Å². The summed E-state index contributed by atoms with van der Waals surface area (Å²) in [6, 6.07) is 7.69. The highest BCUT2D eigenvalue weighted by Crippen LogP contribution is 2.25. The molecule has 0 fully saturated rings. The Morgan fingerprint density at radius 1 is 1.25 bits per heavy atom. The summed E-state index contributed by atoms with van der Waals surface area (Å²) in [6.07, 6.45) is 1.54. The van der Waals surface area contributed by atoms with Crippen molar-refractivity contribution in [3.8, 4) is 5.75 Å². The minimum Gasteiger partial charge on any atom is -0.495 e. The second kappa shape index (κ2) is 5.38. The number of methoxy groups -OCH3 is 1. The molecule has 1 aromatic heterocycles. The average molecular weight is 293 g/mol. The van der Waals surface area contributed by atoms with E-state index in [-0.39, 0.29) is 10.7 Å². The molecule has 20 heavy (non-hydrogen) atoms. The Hall–Kier alpha value is -2.28. The number of anilines is 2. The molecule has 3 N–H and O–H groups in total. The highest BCUT2D eigenvalue weighted by atomic mass is 32.2. The second-order valence-electron chi connectivity index (χ2n) is 4.23. The molecule has 0 aliphatic heterocycles. The van der Waals surface area contributed by atoms with Gasteiger partial charge in [0, 0.05) is 12.3 Å². The molecule has 6 nitrogen and oxygen atoms in total. The van der Waals surface area contributed by atoms with Crippen LogP contribution in [0.3, 0.4) is 0 Å². The minimum atomic E-state index is -3.73. The Balaban J connectivity index is 2.35. The van der Waals surface area contributed by atoms with Gasteiger partial charge in [-0.1, -0.05) is 0 Å². The summed E-state index contributed by atoms with van der Waals surface area (Å²) in [6.45, 7) is 1.85. The predicted molar refractivity (Wildman–Crippen MR) is 77.2 cm³/mol. The maximum absolute atomic E-state index is 12.2. The van der Waals surface area contributed by atoms with Crippen LogP contribution in [0.5, 0.6) is 5.75 Å². The zero-order valence-electron chi connectivity index (χ0n) is 11.1. The van der Waals surface area contributed by atoms with Gasteiger partial charge in [0.2, 0.25) is 0 Å². The predicted octanol–water partition coefficient (Wildman–Crippen LogP) is 1.78. The van der Waals surface area contributed by atoms with Gasteiger partial charge in [0.25, 0.3) is 10.0 Å². The van der Waals surface area contributed by atoms with Crippen LogP contribution in [-0.4, -0.2) is 20.5 Å². The molecule has 0 radical (unpaired) electrons. The molecule has 0 atom stereocenters. The Labute approximate surface area is 117 Å². The molecular formula is C13H15N3O3S. The van der Waals surface area contributed by atoms with Gasteiger partial charge in [-0.15, -0.1) is 0 Å². The van der Waals surface area contributed by atoms with Crippen molar-refractivity contribution in [1.82, 2.24) is 4.98 Å². The number of nitrogens with zero attached hydrogens (tertiary/aromatic N) is 1. The average Bonchev–Trinajstić information content (AvgIpc) is 2.38. The Morgan fingerprint density at radius 2 is 2.00 bits per heavy atom. The zero-order chi connectivity index (χ0) is 14.8. The van der Waals surface area contributed by atoms with Crippen molar-refractivity contribution in [1.29, 1.82) is 0 Å². The van der Waals surface area contributed by atoms with Crippen molar-refractivity contribution in [3.05, 3.63) is 42.1 Å². The molecule has 0 aliphatic rings. The van der Waals surface area contributed by atoms with Gasteiger partial charge in [-0.3, -0.25) is 4.72 Å². The Bertz CT molecular complexity index is 729. The first-order valence-electron chi connectivity index (χ1n) is 5.81. The van der Waals surface area contributed by atoms with E-state index in [4.69, 9.17) is 10.5 Å². The monoisotopic (exact) mass is 293 g/mol. The SMILES string of the molecule is COc1cc(S(=O)(=O)Nc2cc(C)ccn2)ccc1N.